The van der Waals surface area contributed by atoms with Crippen LogP contribution in [0, 0.1) is 0 Å². The highest BCUT2D eigenvalue weighted by atomic mass is 16.5. The van der Waals surface area contributed by atoms with E-state index in [4.69, 9.17) is 9.47 Å². The molecule has 0 aliphatic carbocycles. The van der Waals surface area contributed by atoms with Gasteiger partial charge in [-0.3, -0.25) is 4.79 Å². The van der Waals surface area contributed by atoms with Gasteiger partial charge in [0.15, 0.2) is 6.10 Å². The van der Waals surface area contributed by atoms with Crippen molar-refractivity contribution in [2.45, 2.75) is 26.4 Å². The van der Waals surface area contributed by atoms with Crippen molar-refractivity contribution in [3.8, 4) is 17.1 Å². The normalized spacial score (nSPS) is 11.7. The van der Waals surface area contributed by atoms with Crippen LogP contribution < -0.4 is 10.1 Å². The van der Waals surface area contributed by atoms with Gasteiger partial charge in [0, 0.05) is 5.56 Å². The Morgan fingerprint density at radius 1 is 0.970 bits per heavy atom. The largest absolute Gasteiger partial charge is 0.492 e. The summed E-state index contributed by atoms with van der Waals surface area (Å²) >= 11 is 0. The Hall–Kier alpha value is -4.13. The highest BCUT2D eigenvalue weighted by Gasteiger charge is 2.25. The van der Waals surface area contributed by atoms with Crippen molar-refractivity contribution in [1.82, 2.24) is 9.97 Å². The average molecular weight is 444 g/mol. The van der Waals surface area contributed by atoms with Gasteiger partial charge in [-0.2, -0.15) is 0 Å². The van der Waals surface area contributed by atoms with E-state index in [1.54, 1.807) is 43.3 Å². The SMILES string of the molecule is CCOc1ccccc1NC(=O)C(CC)OC(=O)c1ccccc1-c1nc2ccccc2[nH]1. The molecule has 1 atom stereocenters. The Morgan fingerprint density at radius 2 is 1.70 bits per heavy atom. The number of imidazole rings is 1. The number of aromatic amines is 1. The molecule has 1 unspecified atom stereocenters. The van der Waals surface area contributed by atoms with Crippen LogP contribution in [0.2, 0.25) is 0 Å². The van der Waals surface area contributed by atoms with Gasteiger partial charge in [-0.15, -0.1) is 0 Å². The molecule has 2 N–H and O–H groups in total. The first-order chi connectivity index (χ1) is 16.1. The monoisotopic (exact) mass is 443 g/mol. The van der Waals surface area contributed by atoms with Crippen molar-refractivity contribution in [2.24, 2.45) is 0 Å². The zero-order valence-electron chi connectivity index (χ0n) is 18.5. The van der Waals surface area contributed by atoms with E-state index in [2.05, 4.69) is 15.3 Å². The van der Waals surface area contributed by atoms with Crippen molar-refractivity contribution in [2.75, 3.05) is 11.9 Å². The third kappa shape index (κ3) is 4.87. The summed E-state index contributed by atoms with van der Waals surface area (Å²) in [6.07, 6.45) is -0.642. The first kappa shape index (κ1) is 22.1. The molecule has 0 saturated heterocycles. The lowest BCUT2D eigenvalue weighted by Crippen LogP contribution is -2.32. The van der Waals surface area contributed by atoms with Crippen LogP contribution in [-0.4, -0.2) is 34.6 Å². The molecule has 1 amide bonds. The number of amides is 1. The predicted octanol–water partition coefficient (Wildman–Crippen LogP) is 5.20. The first-order valence-electron chi connectivity index (χ1n) is 10.9. The molecule has 0 spiro atoms. The van der Waals surface area contributed by atoms with Crippen LogP contribution in [0.3, 0.4) is 0 Å². The summed E-state index contributed by atoms with van der Waals surface area (Å²) in [5.74, 6) is 0.113. The summed E-state index contributed by atoms with van der Waals surface area (Å²) in [4.78, 5) is 33.8. The summed E-state index contributed by atoms with van der Waals surface area (Å²) in [6.45, 7) is 4.13. The summed E-state index contributed by atoms with van der Waals surface area (Å²) in [6, 6.07) is 21.8. The zero-order chi connectivity index (χ0) is 23.2. The number of fused-ring (bicyclic) bond motifs is 1. The Kier molecular flexibility index (Phi) is 6.69. The minimum atomic E-state index is -0.962. The van der Waals surface area contributed by atoms with E-state index in [0.29, 0.717) is 41.4 Å². The molecule has 1 aromatic heterocycles. The standard InChI is InChI=1S/C26H25N3O4/c1-3-22(25(30)29-21-15-9-10-16-23(21)32-4-2)33-26(31)18-12-6-5-11-17(18)24-27-19-13-7-8-14-20(19)28-24/h5-16,22H,3-4H2,1-2H3,(H,27,28)(H,29,30). The molecule has 7 nitrogen and oxygen atoms in total. The maximum absolute atomic E-state index is 13.1. The minimum Gasteiger partial charge on any atom is -0.492 e. The molecule has 0 radical (unpaired) electrons. The smallest absolute Gasteiger partial charge is 0.339 e. The fourth-order valence-corrected chi connectivity index (χ4v) is 3.53. The minimum absolute atomic E-state index is 0.321. The molecule has 0 saturated carbocycles. The van der Waals surface area contributed by atoms with Crippen LogP contribution in [0.1, 0.15) is 30.6 Å². The maximum Gasteiger partial charge on any atom is 0.339 e. The van der Waals surface area contributed by atoms with Gasteiger partial charge >= 0.3 is 5.97 Å². The van der Waals surface area contributed by atoms with E-state index in [1.807, 2.05) is 43.3 Å². The van der Waals surface area contributed by atoms with Gasteiger partial charge in [0.05, 0.1) is 28.9 Å². The number of carbonyl (C=O) groups excluding carboxylic acids is 2. The van der Waals surface area contributed by atoms with E-state index in [-0.39, 0.29) is 0 Å². The van der Waals surface area contributed by atoms with Gasteiger partial charge in [0.1, 0.15) is 11.6 Å². The van der Waals surface area contributed by atoms with E-state index in [9.17, 15) is 9.59 Å². The van der Waals surface area contributed by atoms with Gasteiger partial charge in [-0.05, 0) is 43.7 Å². The molecule has 1 heterocycles. The molecule has 168 valence electrons. The second-order valence-corrected chi connectivity index (χ2v) is 7.37. The molecule has 7 heteroatoms. The Morgan fingerprint density at radius 3 is 2.48 bits per heavy atom. The predicted molar refractivity (Wildman–Crippen MR) is 127 cm³/mol. The number of hydrogen-bond donors (Lipinski definition) is 2. The van der Waals surface area contributed by atoms with Gasteiger partial charge in [-0.25, -0.2) is 9.78 Å². The molecule has 4 aromatic rings. The number of hydrogen-bond acceptors (Lipinski definition) is 5. The van der Waals surface area contributed by atoms with Crippen LogP contribution in [0.15, 0.2) is 72.8 Å². The Labute approximate surface area is 191 Å². The quantitative estimate of drug-likeness (QED) is 0.365. The second kappa shape index (κ2) is 9.99. The molecular formula is C26H25N3O4. The fourth-order valence-electron chi connectivity index (χ4n) is 3.53. The lowest BCUT2D eigenvalue weighted by molar-refractivity contribution is -0.124. The average Bonchev–Trinajstić information content (AvgIpc) is 3.28. The molecule has 0 bridgehead atoms. The number of esters is 1. The second-order valence-electron chi connectivity index (χ2n) is 7.37. The van der Waals surface area contributed by atoms with E-state index < -0.39 is 18.0 Å². The third-order valence-electron chi connectivity index (χ3n) is 5.15. The molecule has 33 heavy (non-hydrogen) atoms. The van der Waals surface area contributed by atoms with Crippen LogP contribution in [-0.2, 0) is 9.53 Å². The number of nitrogens with zero attached hydrogens (tertiary/aromatic N) is 1. The van der Waals surface area contributed by atoms with Crippen LogP contribution >= 0.6 is 0 Å². The topological polar surface area (TPSA) is 93.3 Å². The fraction of sp³-hybridized carbons (Fsp3) is 0.192. The number of carbonyl (C=O) groups is 2. The van der Waals surface area contributed by atoms with E-state index in [1.165, 1.54) is 0 Å². The summed E-state index contributed by atoms with van der Waals surface area (Å²) < 4.78 is 11.2. The van der Waals surface area contributed by atoms with Crippen molar-refractivity contribution < 1.29 is 19.1 Å². The van der Waals surface area contributed by atoms with E-state index in [0.717, 1.165) is 11.0 Å². The molecule has 0 fully saturated rings. The number of H-pyrrole nitrogens is 1. The van der Waals surface area contributed by atoms with Crippen molar-refractivity contribution in [3.63, 3.8) is 0 Å². The number of ether oxygens (including phenoxy) is 2. The first-order valence-corrected chi connectivity index (χ1v) is 10.9. The summed E-state index contributed by atoms with van der Waals surface area (Å²) in [7, 11) is 0. The van der Waals surface area contributed by atoms with Gasteiger partial charge in [-0.1, -0.05) is 49.4 Å². The van der Waals surface area contributed by atoms with Crippen LogP contribution in [0.5, 0.6) is 5.75 Å². The van der Waals surface area contributed by atoms with Crippen molar-refractivity contribution >= 4 is 28.6 Å². The lowest BCUT2D eigenvalue weighted by atomic mass is 10.1. The van der Waals surface area contributed by atoms with Gasteiger partial charge < -0.3 is 19.8 Å². The molecule has 3 aromatic carbocycles. The number of aromatic nitrogens is 2. The van der Waals surface area contributed by atoms with Gasteiger partial charge in [0.2, 0.25) is 0 Å². The van der Waals surface area contributed by atoms with E-state index >= 15 is 0 Å². The van der Waals surface area contributed by atoms with Gasteiger partial charge in [0.25, 0.3) is 5.91 Å². The number of nitrogens with one attached hydrogen (secondary N) is 2. The lowest BCUT2D eigenvalue weighted by Gasteiger charge is -2.18. The van der Waals surface area contributed by atoms with Crippen LogP contribution in [0.25, 0.3) is 22.4 Å². The molecule has 0 aliphatic heterocycles. The maximum atomic E-state index is 13.1. The highest BCUT2D eigenvalue weighted by Crippen LogP contribution is 2.26. The number of benzene rings is 3. The van der Waals surface area contributed by atoms with Crippen LogP contribution in [0.4, 0.5) is 5.69 Å². The Bertz CT molecular complexity index is 1250. The summed E-state index contributed by atoms with van der Waals surface area (Å²) in [5, 5.41) is 2.81. The summed E-state index contributed by atoms with van der Waals surface area (Å²) in [5.41, 5.74) is 3.14. The number of para-hydroxylation sites is 4. The molecular weight excluding hydrogens is 418 g/mol. The van der Waals surface area contributed by atoms with Crippen molar-refractivity contribution in [1.29, 1.82) is 0 Å². The Balaban J connectivity index is 1.54. The molecule has 4 rings (SSSR count). The highest BCUT2D eigenvalue weighted by molar-refractivity contribution is 6.01. The number of rotatable bonds is 8. The molecule has 0 aliphatic rings. The number of anilines is 1. The zero-order valence-corrected chi connectivity index (χ0v) is 18.5. The van der Waals surface area contributed by atoms with Crippen molar-refractivity contribution in [3.05, 3.63) is 78.4 Å². The third-order valence-corrected chi connectivity index (χ3v) is 5.15.